The van der Waals surface area contributed by atoms with Crippen LogP contribution in [0.15, 0.2) is 0 Å². The molecule has 0 aromatic carbocycles. The maximum Gasteiger partial charge on any atom is 0.322 e. The van der Waals surface area contributed by atoms with Gasteiger partial charge in [-0.05, 0) is 25.2 Å². The number of hydrazine groups is 1. The summed E-state index contributed by atoms with van der Waals surface area (Å²) in [6.07, 6.45) is 4.19. The summed E-state index contributed by atoms with van der Waals surface area (Å²) < 4.78 is 0. The molecule has 0 radical (unpaired) electrons. The van der Waals surface area contributed by atoms with Crippen molar-refractivity contribution in [2.45, 2.75) is 71.4 Å². The minimum absolute atomic E-state index is 0.0755. The van der Waals surface area contributed by atoms with E-state index in [2.05, 4.69) is 23.1 Å². The summed E-state index contributed by atoms with van der Waals surface area (Å²) in [5.74, 6) is -2.22. The van der Waals surface area contributed by atoms with Crippen molar-refractivity contribution in [1.82, 2.24) is 16.2 Å². The monoisotopic (exact) mass is 405 g/mol. The molecule has 164 valence electrons. The molecule has 11 nitrogen and oxygen atoms in total. The molecular formula is C17H35N5O6. The van der Waals surface area contributed by atoms with Crippen LogP contribution in [0.25, 0.3) is 0 Å². The molecule has 2 atom stereocenters. The molecule has 0 spiro atoms. The molecule has 0 saturated carbocycles. The van der Waals surface area contributed by atoms with E-state index >= 15 is 0 Å². The van der Waals surface area contributed by atoms with Gasteiger partial charge in [-0.1, -0.05) is 33.6 Å². The predicted octanol–water partition coefficient (Wildman–Crippen LogP) is 0.144. The van der Waals surface area contributed by atoms with Gasteiger partial charge in [0.05, 0.1) is 0 Å². The van der Waals surface area contributed by atoms with E-state index in [4.69, 9.17) is 21.7 Å². The Morgan fingerprint density at radius 1 is 1.00 bits per heavy atom. The van der Waals surface area contributed by atoms with Crippen LogP contribution in [-0.4, -0.2) is 52.7 Å². The lowest BCUT2D eigenvalue weighted by atomic mass is 10.1. The number of nitrogens with two attached hydrogens (primary N) is 2. The minimum atomic E-state index is -1.03. The Morgan fingerprint density at radius 2 is 1.61 bits per heavy atom. The predicted molar refractivity (Wildman–Crippen MR) is 104 cm³/mol. The van der Waals surface area contributed by atoms with Crippen molar-refractivity contribution in [1.29, 1.82) is 0 Å². The molecular weight excluding hydrogens is 370 g/mol. The number of urea groups is 1. The number of nitrogens with one attached hydrogen (secondary N) is 3. The minimum Gasteiger partial charge on any atom is -0.480 e. The number of aliphatic carboxylic acids is 2. The lowest BCUT2D eigenvalue weighted by molar-refractivity contribution is -0.141. The zero-order valence-corrected chi connectivity index (χ0v) is 16.9. The van der Waals surface area contributed by atoms with E-state index in [1.165, 1.54) is 0 Å². The van der Waals surface area contributed by atoms with Gasteiger partial charge in [0.1, 0.15) is 12.1 Å². The molecule has 0 aromatic heterocycles. The van der Waals surface area contributed by atoms with Crippen LogP contribution in [-0.2, 0) is 14.4 Å². The highest BCUT2D eigenvalue weighted by atomic mass is 16.4. The fraction of sp³-hybridized carbons (Fsp3) is 0.765. The van der Waals surface area contributed by atoms with E-state index < -0.39 is 30.1 Å². The molecule has 28 heavy (non-hydrogen) atoms. The third-order valence-corrected chi connectivity index (χ3v) is 3.62. The Kier molecular flexibility index (Phi) is 16.6. The number of carboxylic acid groups (broad SMARTS) is 2. The molecule has 0 aromatic rings. The fourth-order valence-electron chi connectivity index (χ4n) is 1.93. The molecule has 0 aliphatic heterocycles. The number of primary amides is 1. The lowest BCUT2D eigenvalue weighted by Gasteiger charge is -2.18. The second-order valence-corrected chi connectivity index (χ2v) is 6.59. The van der Waals surface area contributed by atoms with Crippen LogP contribution < -0.4 is 27.6 Å². The van der Waals surface area contributed by atoms with Crippen molar-refractivity contribution in [3.63, 3.8) is 0 Å². The number of rotatable bonds is 13. The van der Waals surface area contributed by atoms with E-state index in [0.717, 1.165) is 19.3 Å². The van der Waals surface area contributed by atoms with Crippen molar-refractivity contribution >= 4 is 23.9 Å². The molecule has 0 aliphatic carbocycles. The average Bonchev–Trinajstić information content (AvgIpc) is 2.58. The number of unbranched alkanes of at least 4 members (excludes halogenated alkanes) is 2. The first-order valence-corrected chi connectivity index (χ1v) is 9.31. The first kappa shape index (κ1) is 27.8. The van der Waals surface area contributed by atoms with Crippen molar-refractivity contribution in [2.75, 3.05) is 6.54 Å². The molecule has 0 heterocycles. The maximum atomic E-state index is 11.3. The summed E-state index contributed by atoms with van der Waals surface area (Å²) in [6, 6.07) is -2.21. The fourth-order valence-corrected chi connectivity index (χ4v) is 1.93. The number of hydrogen-bond donors (Lipinski definition) is 7. The topological polar surface area (TPSA) is 197 Å². The molecule has 2 unspecified atom stereocenters. The summed E-state index contributed by atoms with van der Waals surface area (Å²) >= 11 is 0. The molecule has 0 saturated heterocycles. The van der Waals surface area contributed by atoms with Gasteiger partial charge in [0.25, 0.3) is 0 Å². The van der Waals surface area contributed by atoms with Crippen LogP contribution in [0.1, 0.15) is 59.3 Å². The van der Waals surface area contributed by atoms with Crippen LogP contribution >= 0.6 is 0 Å². The molecule has 0 aliphatic rings. The van der Waals surface area contributed by atoms with E-state index in [1.807, 2.05) is 0 Å². The summed E-state index contributed by atoms with van der Waals surface area (Å²) in [4.78, 5) is 42.4. The van der Waals surface area contributed by atoms with Gasteiger partial charge in [0.15, 0.2) is 0 Å². The molecule has 11 heteroatoms. The van der Waals surface area contributed by atoms with Gasteiger partial charge in [-0.2, -0.15) is 0 Å². The van der Waals surface area contributed by atoms with Crippen molar-refractivity contribution in [3.05, 3.63) is 0 Å². The van der Waals surface area contributed by atoms with Gasteiger partial charge >= 0.3 is 18.0 Å². The molecule has 3 amide bonds. The lowest BCUT2D eigenvalue weighted by Crippen LogP contribution is -2.50. The van der Waals surface area contributed by atoms with Gasteiger partial charge < -0.3 is 27.0 Å². The zero-order valence-electron chi connectivity index (χ0n) is 16.9. The summed E-state index contributed by atoms with van der Waals surface area (Å²) in [5, 5.41) is 19.5. The second-order valence-electron chi connectivity index (χ2n) is 6.59. The van der Waals surface area contributed by atoms with Gasteiger partial charge in [0, 0.05) is 13.0 Å². The second kappa shape index (κ2) is 16.8. The smallest absolute Gasteiger partial charge is 0.322 e. The van der Waals surface area contributed by atoms with Gasteiger partial charge in [-0.3, -0.25) is 19.8 Å². The SMILES string of the molecule is CCCCCC(=O)NNC(C(=O)O)C(C)C.NC(=O)NCCCC(N)C(=O)O. The number of carboxylic acids is 2. The summed E-state index contributed by atoms with van der Waals surface area (Å²) in [7, 11) is 0. The van der Waals surface area contributed by atoms with E-state index in [9.17, 15) is 19.2 Å². The van der Waals surface area contributed by atoms with Crippen molar-refractivity contribution in [2.24, 2.45) is 17.4 Å². The standard InChI is InChI=1S/C11H22N2O3.C6H13N3O3/c1-4-5-6-7-9(14)12-13-10(8(2)3)11(15)16;7-4(5(10)11)2-1-3-9-6(8)12/h8,10,13H,4-7H2,1-3H3,(H,12,14)(H,15,16);4H,1-3,7H2,(H,10,11)(H3,8,9,12). The van der Waals surface area contributed by atoms with Gasteiger partial charge in [-0.25, -0.2) is 10.2 Å². The van der Waals surface area contributed by atoms with E-state index in [-0.39, 0.29) is 11.8 Å². The van der Waals surface area contributed by atoms with Crippen LogP contribution in [0, 0.1) is 5.92 Å². The Morgan fingerprint density at radius 3 is 2.04 bits per heavy atom. The molecule has 9 N–H and O–H groups in total. The highest BCUT2D eigenvalue weighted by Gasteiger charge is 2.21. The van der Waals surface area contributed by atoms with Crippen LogP contribution in [0.4, 0.5) is 4.79 Å². The summed E-state index contributed by atoms with van der Waals surface area (Å²) in [6.45, 7) is 6.00. The number of amides is 3. The molecule has 0 bridgehead atoms. The van der Waals surface area contributed by atoms with Crippen LogP contribution in [0.5, 0.6) is 0 Å². The third-order valence-electron chi connectivity index (χ3n) is 3.62. The van der Waals surface area contributed by atoms with E-state index in [0.29, 0.717) is 25.8 Å². The van der Waals surface area contributed by atoms with Crippen molar-refractivity contribution in [3.8, 4) is 0 Å². The van der Waals surface area contributed by atoms with E-state index in [1.54, 1.807) is 13.8 Å². The largest absolute Gasteiger partial charge is 0.480 e. The van der Waals surface area contributed by atoms with Gasteiger partial charge in [-0.15, -0.1) is 0 Å². The Balaban J connectivity index is 0. The first-order chi connectivity index (χ1) is 13.0. The van der Waals surface area contributed by atoms with Crippen LogP contribution in [0.2, 0.25) is 0 Å². The average molecular weight is 405 g/mol. The quantitative estimate of drug-likeness (QED) is 0.166. The number of hydrogen-bond acceptors (Lipinski definition) is 6. The third kappa shape index (κ3) is 17.0. The number of carbonyl (C=O) groups excluding carboxylic acids is 2. The molecule has 0 rings (SSSR count). The highest BCUT2D eigenvalue weighted by Crippen LogP contribution is 2.01. The normalized spacial score (nSPS) is 12.3. The molecule has 0 fully saturated rings. The Hall–Kier alpha value is -2.40. The Bertz CT molecular complexity index is 487. The zero-order chi connectivity index (χ0) is 22.1. The summed E-state index contributed by atoms with van der Waals surface area (Å²) in [5.41, 5.74) is 14.9. The number of carbonyl (C=O) groups is 4. The van der Waals surface area contributed by atoms with Crippen molar-refractivity contribution < 1.29 is 29.4 Å². The van der Waals surface area contributed by atoms with Gasteiger partial charge in [0.2, 0.25) is 5.91 Å². The Labute approximate surface area is 165 Å². The highest BCUT2D eigenvalue weighted by molar-refractivity contribution is 5.77. The maximum absolute atomic E-state index is 11.3. The first-order valence-electron chi connectivity index (χ1n) is 9.31. The van der Waals surface area contributed by atoms with Crippen LogP contribution in [0.3, 0.4) is 0 Å².